The highest BCUT2D eigenvalue weighted by Gasteiger charge is 2.23. The van der Waals surface area contributed by atoms with Gasteiger partial charge in [-0.3, -0.25) is 33.9 Å². The number of hydrogen-bond donors (Lipinski definition) is 4. The van der Waals surface area contributed by atoms with Crippen LogP contribution in [0.3, 0.4) is 0 Å². The molecule has 24 heteroatoms. The first kappa shape index (κ1) is 55.5. The van der Waals surface area contributed by atoms with Crippen LogP contribution < -0.4 is 32.8 Å². The molecule has 0 bridgehead atoms. The Labute approximate surface area is 432 Å². The van der Waals surface area contributed by atoms with E-state index in [-0.39, 0.29) is 35.2 Å². The number of hydrogen-bond acceptors (Lipinski definition) is 16. The summed E-state index contributed by atoms with van der Waals surface area (Å²) in [6.07, 6.45) is 17.1. The summed E-state index contributed by atoms with van der Waals surface area (Å²) in [6.45, 7) is 5.24. The molecular weight excluding hydrogens is 1010 g/mol. The molecular formula is C49H57ClF2N12O7S2. The fourth-order valence-electron chi connectivity index (χ4n) is 7.07. The van der Waals surface area contributed by atoms with Crippen molar-refractivity contribution in [2.45, 2.75) is 130 Å². The van der Waals surface area contributed by atoms with Gasteiger partial charge >= 0.3 is 5.43 Å². The fourth-order valence-corrected chi connectivity index (χ4v) is 8.79. The van der Waals surface area contributed by atoms with E-state index in [1.165, 1.54) is 56.3 Å². The van der Waals surface area contributed by atoms with E-state index in [0.29, 0.717) is 80.6 Å². The molecule has 19 nitrogen and oxygen atoms in total. The average Bonchev–Trinajstić information content (AvgIpc) is 4.04. The standard InChI is InChI=1S/C25H29FN6O3S.C19H21FN6O2S.C5H7ClO2/c1-16-8-9-18(14-27-16)15-28-23(34)24-31-30-21(36-24)7-2-3-11-32-12-10-19(22(26)25(32)35)29-20(33)13-17-5-4-6-17;1-12-5-6-13(10-22-12)11-23-17(27)18-25-24-15(29-18)4-2-3-8-26-9-7-14(21)16(20)19(26)28;6-5(7)8-4-2-1-3-4/h8-10,12,14,17H,2-7,11,13,15H2,1H3,(H,28,34)(H,29,33);5-7,9-10H,2-4,8,11,21H2,1H3,(H,23,27);4H,1-3H2. The molecule has 6 aromatic heterocycles. The molecule has 2 saturated carbocycles. The quantitative estimate of drug-likeness (QED) is 0.0424. The minimum Gasteiger partial charge on any atom is -0.450 e. The first-order chi connectivity index (χ1) is 35.1. The first-order valence-electron chi connectivity index (χ1n) is 23.8. The number of aromatic nitrogens is 8. The molecule has 2 aliphatic rings. The van der Waals surface area contributed by atoms with E-state index in [0.717, 1.165) is 77.5 Å². The van der Waals surface area contributed by atoms with Crippen LogP contribution in [0.4, 0.5) is 25.0 Å². The van der Waals surface area contributed by atoms with Gasteiger partial charge in [0.2, 0.25) is 27.6 Å². The van der Waals surface area contributed by atoms with Crippen molar-refractivity contribution in [2.75, 3.05) is 11.1 Å². The van der Waals surface area contributed by atoms with Crippen molar-refractivity contribution in [3.05, 3.63) is 136 Å². The Hall–Kier alpha value is -6.85. The predicted molar refractivity (Wildman–Crippen MR) is 272 cm³/mol. The molecule has 388 valence electrons. The molecule has 0 aromatic carbocycles. The number of carbonyl (C=O) groups excluding carboxylic acids is 4. The summed E-state index contributed by atoms with van der Waals surface area (Å²) in [6, 6.07) is 10.4. The normalized spacial score (nSPS) is 13.0. The van der Waals surface area contributed by atoms with Crippen LogP contribution in [0.5, 0.6) is 0 Å². The molecule has 5 N–H and O–H groups in total. The molecule has 8 rings (SSSR count). The van der Waals surface area contributed by atoms with Gasteiger partial charge in [-0.15, -0.1) is 20.4 Å². The summed E-state index contributed by atoms with van der Waals surface area (Å²) in [5, 5.41) is 26.2. The van der Waals surface area contributed by atoms with Crippen LogP contribution in [0.2, 0.25) is 0 Å². The highest BCUT2D eigenvalue weighted by atomic mass is 35.5. The lowest BCUT2D eigenvalue weighted by molar-refractivity contribution is -0.117. The van der Waals surface area contributed by atoms with Crippen LogP contribution in [-0.2, 0) is 48.6 Å². The second-order valence-corrected chi connectivity index (χ2v) is 19.9. The van der Waals surface area contributed by atoms with Gasteiger partial charge in [-0.25, -0.2) is 4.79 Å². The molecule has 2 aliphatic carbocycles. The second-order valence-electron chi connectivity index (χ2n) is 17.5. The second kappa shape index (κ2) is 27.8. The maximum Gasteiger partial charge on any atom is 0.404 e. The van der Waals surface area contributed by atoms with E-state index >= 15 is 0 Å². The van der Waals surface area contributed by atoms with Gasteiger partial charge in [0.1, 0.15) is 16.1 Å². The lowest BCUT2D eigenvalue weighted by Gasteiger charge is -2.24. The highest BCUT2D eigenvalue weighted by molar-refractivity contribution is 7.13. The van der Waals surface area contributed by atoms with Gasteiger partial charge in [-0.1, -0.05) is 41.2 Å². The zero-order valence-electron chi connectivity index (χ0n) is 40.4. The number of anilines is 2. The SMILES string of the molecule is Cc1ccc(CNC(=O)c2nnc(CCCCn3ccc(N)c(F)c3=O)s2)cn1.Cc1ccc(CNC(=O)c2nnc(CCCCn3ccc(NC(=O)CC4CCC4)c(F)c3=O)s2)cn1.O=C(Cl)OC1CCC1. The van der Waals surface area contributed by atoms with Crippen LogP contribution >= 0.6 is 34.3 Å². The number of nitrogens with zero attached hydrogens (tertiary/aromatic N) is 8. The van der Waals surface area contributed by atoms with Crippen molar-refractivity contribution in [1.29, 1.82) is 0 Å². The number of rotatable bonds is 20. The molecule has 0 spiro atoms. The number of nitrogens with two attached hydrogens (primary N) is 1. The number of amides is 3. The zero-order valence-corrected chi connectivity index (χ0v) is 42.8. The van der Waals surface area contributed by atoms with Crippen LogP contribution in [0.1, 0.15) is 123 Å². The molecule has 0 radical (unpaired) electrons. The van der Waals surface area contributed by atoms with Gasteiger partial charge in [0.15, 0.2) is 0 Å². The highest BCUT2D eigenvalue weighted by Crippen LogP contribution is 2.29. The average molecular weight is 1060 g/mol. The van der Waals surface area contributed by atoms with E-state index < -0.39 is 28.2 Å². The molecule has 73 heavy (non-hydrogen) atoms. The number of pyridine rings is 4. The lowest BCUT2D eigenvalue weighted by atomic mass is 9.83. The largest absolute Gasteiger partial charge is 0.450 e. The van der Waals surface area contributed by atoms with E-state index in [1.807, 2.05) is 38.1 Å². The predicted octanol–water partition coefficient (Wildman–Crippen LogP) is 7.62. The molecule has 0 unspecified atom stereocenters. The number of nitrogen functional groups attached to an aromatic ring is 1. The van der Waals surface area contributed by atoms with E-state index in [9.17, 15) is 37.5 Å². The number of nitrogens with one attached hydrogen (secondary N) is 3. The van der Waals surface area contributed by atoms with Gasteiger partial charge in [0, 0.05) is 93.2 Å². The number of ether oxygens (including phenoxy) is 1. The molecule has 6 heterocycles. The van der Waals surface area contributed by atoms with Crippen molar-refractivity contribution in [2.24, 2.45) is 5.92 Å². The smallest absolute Gasteiger partial charge is 0.404 e. The van der Waals surface area contributed by atoms with Crippen LogP contribution in [-0.4, -0.2) is 68.8 Å². The zero-order chi connectivity index (χ0) is 52.3. The molecule has 0 saturated heterocycles. The molecule has 6 aromatic rings. The topological polar surface area (TPSA) is 261 Å². The van der Waals surface area contributed by atoms with Crippen molar-refractivity contribution in [1.82, 2.24) is 50.1 Å². The van der Waals surface area contributed by atoms with Gasteiger partial charge in [0.25, 0.3) is 22.9 Å². The van der Waals surface area contributed by atoms with Crippen LogP contribution in [0, 0.1) is 31.4 Å². The Bertz CT molecular complexity index is 2930. The fraction of sp³-hybridized carbons (Fsp3) is 0.429. The number of carbonyl (C=O) groups is 4. The summed E-state index contributed by atoms with van der Waals surface area (Å²) in [4.78, 5) is 79.1. The molecule has 0 aliphatic heterocycles. The van der Waals surface area contributed by atoms with E-state index in [4.69, 9.17) is 17.3 Å². The molecule has 3 amide bonds. The van der Waals surface area contributed by atoms with Crippen LogP contribution in [0.15, 0.2) is 70.8 Å². The van der Waals surface area contributed by atoms with E-state index in [1.54, 1.807) is 12.4 Å². The first-order valence-corrected chi connectivity index (χ1v) is 25.9. The van der Waals surface area contributed by atoms with Gasteiger partial charge in [-0.2, -0.15) is 8.78 Å². The Morgan fingerprint density at radius 1 is 0.712 bits per heavy atom. The van der Waals surface area contributed by atoms with Crippen molar-refractivity contribution in [3.63, 3.8) is 0 Å². The third-order valence-electron chi connectivity index (χ3n) is 11.8. The van der Waals surface area contributed by atoms with Gasteiger partial charge in [-0.05, 0) is 113 Å². The minimum atomic E-state index is -0.944. The monoisotopic (exact) mass is 1060 g/mol. The summed E-state index contributed by atoms with van der Waals surface area (Å²) in [7, 11) is 0. The van der Waals surface area contributed by atoms with Crippen molar-refractivity contribution >= 4 is 68.8 Å². The molecule has 2 fully saturated rings. The Morgan fingerprint density at radius 2 is 1.22 bits per heavy atom. The summed E-state index contributed by atoms with van der Waals surface area (Å²) in [5.41, 5.74) is 6.64. The summed E-state index contributed by atoms with van der Waals surface area (Å²) < 4.78 is 35.2. The Kier molecular flexibility index (Phi) is 21.1. The lowest BCUT2D eigenvalue weighted by Crippen LogP contribution is -2.26. The van der Waals surface area contributed by atoms with E-state index in [2.05, 4.69) is 51.0 Å². The third-order valence-corrected chi connectivity index (χ3v) is 13.8. The Morgan fingerprint density at radius 3 is 1.66 bits per heavy atom. The minimum absolute atomic E-state index is 0.0705. The number of unbranched alkanes of at least 4 members (excludes halogenated alkanes) is 2. The van der Waals surface area contributed by atoms with Crippen molar-refractivity contribution < 1.29 is 32.7 Å². The van der Waals surface area contributed by atoms with Gasteiger partial charge in [0.05, 0.1) is 11.4 Å². The number of aryl methyl sites for hydroxylation is 6. The maximum absolute atomic E-state index is 14.5. The summed E-state index contributed by atoms with van der Waals surface area (Å²) in [5.74, 6) is -2.33. The van der Waals surface area contributed by atoms with Crippen LogP contribution in [0.25, 0.3) is 0 Å². The van der Waals surface area contributed by atoms with Crippen molar-refractivity contribution in [3.8, 4) is 0 Å². The van der Waals surface area contributed by atoms with Gasteiger partial charge < -0.3 is 35.6 Å². The molecule has 0 atom stereocenters. The maximum atomic E-state index is 14.5. The summed E-state index contributed by atoms with van der Waals surface area (Å²) >= 11 is 7.39. The Balaban J connectivity index is 0.000000210. The number of halogens is 3. The third kappa shape index (κ3) is 17.7.